The fraction of sp³-hybridized carbons (Fsp3) is 0.846. The van der Waals surface area contributed by atoms with Crippen LogP contribution in [0, 0.1) is 5.92 Å². The largest absolute Gasteiger partial charge is 0.480 e. The highest BCUT2D eigenvalue weighted by atomic mass is 16.5. The predicted octanol–water partition coefficient (Wildman–Crippen LogP) is 1.27. The summed E-state index contributed by atoms with van der Waals surface area (Å²) >= 11 is 0. The summed E-state index contributed by atoms with van der Waals surface area (Å²) in [6.07, 6.45) is 3.86. The van der Waals surface area contributed by atoms with E-state index in [-0.39, 0.29) is 17.9 Å². The Morgan fingerprint density at radius 3 is 2.78 bits per heavy atom. The van der Waals surface area contributed by atoms with Gasteiger partial charge in [-0.3, -0.25) is 4.79 Å². The summed E-state index contributed by atoms with van der Waals surface area (Å²) in [6.45, 7) is 3.18. The zero-order valence-electron chi connectivity index (χ0n) is 10.8. The maximum atomic E-state index is 12.5. The summed E-state index contributed by atoms with van der Waals surface area (Å²) in [4.78, 5) is 25.2. The van der Waals surface area contributed by atoms with Gasteiger partial charge in [0, 0.05) is 13.2 Å². The van der Waals surface area contributed by atoms with Crippen LogP contribution in [0.15, 0.2) is 0 Å². The maximum absolute atomic E-state index is 12.5. The number of hydrogen-bond acceptors (Lipinski definition) is 3. The standard InChI is InChI=1S/C13H21NO4/c1-2-11-9(6-8-18-11)12(15)14-7-4-3-5-10(14)13(16)17/h9-11H,2-8H2,1H3,(H,16,17)/t9?,10-,11?/m1/s1. The van der Waals surface area contributed by atoms with Gasteiger partial charge in [-0.2, -0.15) is 0 Å². The van der Waals surface area contributed by atoms with Gasteiger partial charge in [0.1, 0.15) is 6.04 Å². The fourth-order valence-electron chi connectivity index (χ4n) is 3.00. The first-order valence-corrected chi connectivity index (χ1v) is 6.80. The number of ether oxygens (including phenoxy) is 1. The molecule has 102 valence electrons. The summed E-state index contributed by atoms with van der Waals surface area (Å²) < 4.78 is 5.53. The van der Waals surface area contributed by atoms with E-state index in [1.165, 1.54) is 0 Å². The minimum absolute atomic E-state index is 0.0218. The third kappa shape index (κ3) is 2.51. The molecule has 1 N–H and O–H groups in total. The Morgan fingerprint density at radius 2 is 2.11 bits per heavy atom. The molecule has 0 spiro atoms. The van der Waals surface area contributed by atoms with E-state index in [0.29, 0.717) is 19.6 Å². The van der Waals surface area contributed by atoms with Crippen LogP contribution < -0.4 is 0 Å². The molecule has 3 atom stereocenters. The molecule has 2 aliphatic heterocycles. The number of carbonyl (C=O) groups is 2. The Bertz CT molecular complexity index is 331. The highest BCUT2D eigenvalue weighted by Crippen LogP contribution is 2.28. The van der Waals surface area contributed by atoms with Crippen LogP contribution in [0.25, 0.3) is 0 Å². The second-order valence-electron chi connectivity index (χ2n) is 5.09. The number of piperidine rings is 1. The molecule has 0 aromatic heterocycles. The average molecular weight is 255 g/mol. The molecule has 2 aliphatic rings. The number of hydrogen-bond donors (Lipinski definition) is 1. The summed E-state index contributed by atoms with van der Waals surface area (Å²) in [5.74, 6) is -1.04. The third-order valence-electron chi connectivity index (χ3n) is 4.00. The number of nitrogens with zero attached hydrogens (tertiary/aromatic N) is 1. The van der Waals surface area contributed by atoms with Gasteiger partial charge < -0.3 is 14.7 Å². The van der Waals surface area contributed by atoms with E-state index in [1.54, 1.807) is 4.90 Å². The van der Waals surface area contributed by atoms with Crippen LogP contribution in [0.4, 0.5) is 0 Å². The molecule has 18 heavy (non-hydrogen) atoms. The number of carbonyl (C=O) groups excluding carboxylic acids is 1. The summed E-state index contributed by atoms with van der Waals surface area (Å²) in [5.41, 5.74) is 0. The number of aliphatic carboxylic acids is 1. The zero-order chi connectivity index (χ0) is 13.1. The van der Waals surface area contributed by atoms with Crippen LogP contribution in [-0.2, 0) is 14.3 Å². The molecular formula is C13H21NO4. The Morgan fingerprint density at radius 1 is 1.33 bits per heavy atom. The molecule has 2 rings (SSSR count). The first-order valence-electron chi connectivity index (χ1n) is 6.80. The minimum Gasteiger partial charge on any atom is -0.480 e. The Balaban J connectivity index is 2.08. The Kier molecular flexibility index (Phi) is 4.22. The first kappa shape index (κ1) is 13.3. The molecular weight excluding hydrogens is 234 g/mol. The molecule has 0 bridgehead atoms. The number of amides is 1. The van der Waals surface area contributed by atoms with Crippen LogP contribution in [0.3, 0.4) is 0 Å². The van der Waals surface area contributed by atoms with Gasteiger partial charge in [-0.05, 0) is 32.1 Å². The van der Waals surface area contributed by atoms with Gasteiger partial charge in [-0.25, -0.2) is 4.79 Å². The molecule has 0 radical (unpaired) electrons. The van der Waals surface area contributed by atoms with E-state index in [9.17, 15) is 14.7 Å². The van der Waals surface area contributed by atoms with E-state index in [2.05, 4.69) is 0 Å². The van der Waals surface area contributed by atoms with E-state index in [4.69, 9.17) is 4.74 Å². The molecule has 2 unspecified atom stereocenters. The molecule has 1 amide bonds. The van der Waals surface area contributed by atoms with Crippen molar-refractivity contribution in [3.05, 3.63) is 0 Å². The summed E-state index contributed by atoms with van der Waals surface area (Å²) in [6, 6.07) is -0.635. The maximum Gasteiger partial charge on any atom is 0.326 e. The number of carboxylic acids is 1. The summed E-state index contributed by atoms with van der Waals surface area (Å²) in [5, 5.41) is 9.20. The second kappa shape index (κ2) is 5.69. The van der Waals surface area contributed by atoms with E-state index < -0.39 is 12.0 Å². The molecule has 5 nitrogen and oxygen atoms in total. The lowest BCUT2D eigenvalue weighted by molar-refractivity contribution is -0.154. The Labute approximate surface area is 107 Å². The lowest BCUT2D eigenvalue weighted by Crippen LogP contribution is -2.51. The minimum atomic E-state index is -0.880. The number of likely N-dealkylation sites (tertiary alicyclic amines) is 1. The van der Waals surface area contributed by atoms with Crippen molar-refractivity contribution in [1.82, 2.24) is 4.90 Å². The van der Waals surface area contributed by atoms with Gasteiger partial charge in [-0.15, -0.1) is 0 Å². The highest BCUT2D eigenvalue weighted by Gasteiger charge is 2.40. The van der Waals surface area contributed by atoms with Crippen molar-refractivity contribution >= 4 is 11.9 Å². The van der Waals surface area contributed by atoms with Crippen molar-refractivity contribution in [2.45, 2.75) is 51.2 Å². The molecule has 2 saturated heterocycles. The molecule has 5 heteroatoms. The van der Waals surface area contributed by atoms with Crippen LogP contribution >= 0.6 is 0 Å². The van der Waals surface area contributed by atoms with Gasteiger partial charge in [0.25, 0.3) is 0 Å². The SMILES string of the molecule is CCC1OCCC1C(=O)N1CCCC[C@@H]1C(=O)O. The third-order valence-corrected chi connectivity index (χ3v) is 4.00. The number of carboxylic acid groups (broad SMARTS) is 1. The smallest absolute Gasteiger partial charge is 0.326 e. The second-order valence-corrected chi connectivity index (χ2v) is 5.09. The van der Waals surface area contributed by atoms with Crippen LogP contribution in [0.5, 0.6) is 0 Å². The molecule has 0 aliphatic carbocycles. The van der Waals surface area contributed by atoms with Crippen LogP contribution in [-0.4, -0.2) is 47.2 Å². The van der Waals surface area contributed by atoms with Crippen molar-refractivity contribution in [3.8, 4) is 0 Å². The van der Waals surface area contributed by atoms with Crippen LogP contribution in [0.2, 0.25) is 0 Å². The van der Waals surface area contributed by atoms with E-state index in [1.807, 2.05) is 6.92 Å². The van der Waals surface area contributed by atoms with Gasteiger partial charge in [-0.1, -0.05) is 6.92 Å². The summed E-state index contributed by atoms with van der Waals surface area (Å²) in [7, 11) is 0. The van der Waals surface area contributed by atoms with Gasteiger partial charge in [0.05, 0.1) is 12.0 Å². The highest BCUT2D eigenvalue weighted by molar-refractivity contribution is 5.85. The van der Waals surface area contributed by atoms with Crippen molar-refractivity contribution in [2.75, 3.05) is 13.2 Å². The molecule has 0 aromatic rings. The van der Waals surface area contributed by atoms with Crippen LogP contribution in [0.1, 0.15) is 39.0 Å². The zero-order valence-corrected chi connectivity index (χ0v) is 10.8. The normalized spacial score (nSPS) is 32.5. The lowest BCUT2D eigenvalue weighted by atomic mass is 9.94. The molecule has 2 heterocycles. The fourth-order valence-corrected chi connectivity index (χ4v) is 3.00. The van der Waals surface area contributed by atoms with Gasteiger partial charge in [0.2, 0.25) is 5.91 Å². The molecule has 0 aromatic carbocycles. The van der Waals surface area contributed by atoms with Crippen molar-refractivity contribution in [3.63, 3.8) is 0 Å². The van der Waals surface area contributed by atoms with Gasteiger partial charge >= 0.3 is 5.97 Å². The average Bonchev–Trinajstić information content (AvgIpc) is 2.86. The van der Waals surface area contributed by atoms with Crippen molar-refractivity contribution < 1.29 is 19.4 Å². The molecule has 0 saturated carbocycles. The lowest BCUT2D eigenvalue weighted by Gasteiger charge is -2.35. The van der Waals surface area contributed by atoms with E-state index in [0.717, 1.165) is 25.7 Å². The monoisotopic (exact) mass is 255 g/mol. The quantitative estimate of drug-likeness (QED) is 0.824. The Hall–Kier alpha value is -1.10. The number of rotatable bonds is 3. The topological polar surface area (TPSA) is 66.8 Å². The van der Waals surface area contributed by atoms with Gasteiger partial charge in [0.15, 0.2) is 0 Å². The molecule has 2 fully saturated rings. The first-order chi connectivity index (χ1) is 8.65. The van der Waals surface area contributed by atoms with Crippen molar-refractivity contribution in [1.29, 1.82) is 0 Å². The van der Waals surface area contributed by atoms with Crippen molar-refractivity contribution in [2.24, 2.45) is 5.92 Å². The predicted molar refractivity (Wildman–Crippen MR) is 65.1 cm³/mol. The van der Waals surface area contributed by atoms with E-state index >= 15 is 0 Å².